The molecule has 8 heteroatoms. The predicted octanol–water partition coefficient (Wildman–Crippen LogP) is 2.38. The Morgan fingerprint density at radius 2 is 2.00 bits per heavy atom. The molecule has 1 aliphatic heterocycles. The summed E-state index contributed by atoms with van der Waals surface area (Å²) in [5, 5.41) is 0. The molecular formula is C19H20N8. The average molecular weight is 360 g/mol. The van der Waals surface area contributed by atoms with E-state index in [4.69, 9.17) is 0 Å². The molecule has 0 amide bonds. The van der Waals surface area contributed by atoms with Gasteiger partial charge in [0.05, 0.1) is 6.33 Å². The standard InChI is InChI=1S/C19H20N8/c1-2-15(18-21-7-9-27(18)10-14-3-5-20-6-4-14)11-26(8-1)19-16-17(23-12-22-16)24-13-25-19/h3-7,9,12-13,15H,1-2,8,10-11H2,(H,22,23,24,25)/t15-/m1/s1. The number of aromatic amines is 1. The molecule has 0 bridgehead atoms. The highest BCUT2D eigenvalue weighted by molar-refractivity contribution is 5.82. The van der Waals surface area contributed by atoms with Gasteiger partial charge in [0, 0.05) is 50.3 Å². The van der Waals surface area contributed by atoms with Crippen molar-refractivity contribution in [1.29, 1.82) is 0 Å². The van der Waals surface area contributed by atoms with Crippen molar-refractivity contribution in [3.8, 4) is 0 Å². The first-order chi connectivity index (χ1) is 13.4. The molecule has 0 saturated carbocycles. The molecule has 5 heterocycles. The summed E-state index contributed by atoms with van der Waals surface area (Å²) >= 11 is 0. The number of hydrogen-bond acceptors (Lipinski definition) is 6. The van der Waals surface area contributed by atoms with E-state index in [9.17, 15) is 0 Å². The van der Waals surface area contributed by atoms with Crippen molar-refractivity contribution in [3.05, 3.63) is 61.0 Å². The van der Waals surface area contributed by atoms with Crippen molar-refractivity contribution < 1.29 is 0 Å². The molecule has 0 spiro atoms. The van der Waals surface area contributed by atoms with Crippen LogP contribution < -0.4 is 4.90 Å². The van der Waals surface area contributed by atoms with Crippen LogP contribution in [0.2, 0.25) is 0 Å². The second kappa shape index (κ2) is 6.79. The van der Waals surface area contributed by atoms with E-state index < -0.39 is 0 Å². The maximum Gasteiger partial charge on any atom is 0.182 e. The molecule has 1 atom stereocenters. The Kier molecular flexibility index (Phi) is 4.00. The lowest BCUT2D eigenvalue weighted by Crippen LogP contribution is -2.36. The Morgan fingerprint density at radius 1 is 1.07 bits per heavy atom. The zero-order chi connectivity index (χ0) is 18.1. The monoisotopic (exact) mass is 360 g/mol. The fourth-order valence-corrected chi connectivity index (χ4v) is 3.87. The van der Waals surface area contributed by atoms with Gasteiger partial charge in [0.2, 0.25) is 0 Å². The van der Waals surface area contributed by atoms with Crippen molar-refractivity contribution in [1.82, 2.24) is 34.5 Å². The maximum atomic E-state index is 4.68. The number of fused-ring (bicyclic) bond motifs is 1. The molecule has 8 nitrogen and oxygen atoms in total. The van der Waals surface area contributed by atoms with Crippen molar-refractivity contribution in [2.24, 2.45) is 0 Å². The maximum absolute atomic E-state index is 4.68. The molecule has 27 heavy (non-hydrogen) atoms. The van der Waals surface area contributed by atoms with Crippen molar-refractivity contribution >= 4 is 17.0 Å². The number of hydrogen-bond donors (Lipinski definition) is 1. The molecule has 0 unspecified atom stereocenters. The lowest BCUT2D eigenvalue weighted by Gasteiger charge is -2.33. The fourth-order valence-electron chi connectivity index (χ4n) is 3.87. The van der Waals surface area contributed by atoms with Crippen LogP contribution in [0.1, 0.15) is 30.1 Å². The molecule has 5 rings (SSSR count). The molecule has 0 aromatic carbocycles. The predicted molar refractivity (Wildman–Crippen MR) is 101 cm³/mol. The molecule has 1 saturated heterocycles. The van der Waals surface area contributed by atoms with E-state index in [1.165, 1.54) is 5.56 Å². The SMILES string of the molecule is c1cc(Cn2ccnc2[C@@H]2CCCN(c3ncnc4nc[nH]c34)C2)ccn1. The molecule has 4 aromatic heterocycles. The van der Waals surface area contributed by atoms with Gasteiger partial charge in [0.25, 0.3) is 0 Å². The van der Waals surface area contributed by atoms with Gasteiger partial charge in [-0.25, -0.2) is 19.9 Å². The Balaban J connectivity index is 1.41. The van der Waals surface area contributed by atoms with Crippen molar-refractivity contribution in [3.63, 3.8) is 0 Å². The molecular weight excluding hydrogens is 340 g/mol. The normalized spacial score (nSPS) is 17.5. The van der Waals surface area contributed by atoms with Crippen LogP contribution in [0.25, 0.3) is 11.2 Å². The molecule has 0 radical (unpaired) electrons. The van der Waals surface area contributed by atoms with Crippen molar-refractivity contribution in [2.75, 3.05) is 18.0 Å². The number of rotatable bonds is 4. The van der Waals surface area contributed by atoms with E-state index in [-0.39, 0.29) is 0 Å². The van der Waals surface area contributed by atoms with Gasteiger partial charge in [0.1, 0.15) is 17.7 Å². The summed E-state index contributed by atoms with van der Waals surface area (Å²) in [6.45, 7) is 2.68. The van der Waals surface area contributed by atoms with Crippen molar-refractivity contribution in [2.45, 2.75) is 25.3 Å². The lowest BCUT2D eigenvalue weighted by atomic mass is 9.97. The van der Waals surface area contributed by atoms with E-state index in [0.29, 0.717) is 11.6 Å². The zero-order valence-electron chi connectivity index (χ0n) is 14.9. The highest BCUT2D eigenvalue weighted by atomic mass is 15.2. The first kappa shape index (κ1) is 15.9. The lowest BCUT2D eigenvalue weighted by molar-refractivity contribution is 0.474. The van der Waals surface area contributed by atoms with E-state index in [1.807, 2.05) is 30.7 Å². The third-order valence-corrected chi connectivity index (χ3v) is 5.14. The number of aromatic nitrogens is 7. The number of nitrogens with zero attached hydrogens (tertiary/aromatic N) is 7. The summed E-state index contributed by atoms with van der Waals surface area (Å²) in [5.74, 6) is 2.42. The second-order valence-electron chi connectivity index (χ2n) is 6.85. The summed E-state index contributed by atoms with van der Waals surface area (Å²) in [4.78, 5) is 27.3. The zero-order valence-corrected chi connectivity index (χ0v) is 14.9. The quantitative estimate of drug-likeness (QED) is 0.601. The van der Waals surface area contributed by atoms with Gasteiger partial charge in [-0.05, 0) is 30.5 Å². The molecule has 0 aliphatic carbocycles. The van der Waals surface area contributed by atoms with Gasteiger partial charge in [-0.3, -0.25) is 4.98 Å². The van der Waals surface area contributed by atoms with E-state index >= 15 is 0 Å². The van der Waals surface area contributed by atoms with E-state index in [1.54, 1.807) is 12.7 Å². The average Bonchev–Trinajstić information content (AvgIpc) is 3.38. The minimum absolute atomic E-state index is 0.364. The van der Waals surface area contributed by atoms with Crippen LogP contribution in [-0.2, 0) is 6.54 Å². The van der Waals surface area contributed by atoms with E-state index in [0.717, 1.165) is 49.6 Å². The smallest absolute Gasteiger partial charge is 0.182 e. The topological polar surface area (TPSA) is 88.4 Å². The highest BCUT2D eigenvalue weighted by Gasteiger charge is 2.27. The van der Waals surface area contributed by atoms with Gasteiger partial charge < -0.3 is 14.5 Å². The number of anilines is 1. The summed E-state index contributed by atoms with van der Waals surface area (Å²) in [5.41, 5.74) is 2.84. The molecule has 1 fully saturated rings. The van der Waals surface area contributed by atoms with E-state index in [2.05, 4.69) is 45.6 Å². The summed E-state index contributed by atoms with van der Waals surface area (Å²) in [6, 6.07) is 4.10. The second-order valence-corrected chi connectivity index (χ2v) is 6.85. The summed E-state index contributed by atoms with van der Waals surface area (Å²) < 4.78 is 2.25. The van der Waals surface area contributed by atoms with Gasteiger partial charge in [0.15, 0.2) is 11.5 Å². The largest absolute Gasteiger partial charge is 0.354 e. The minimum atomic E-state index is 0.364. The summed E-state index contributed by atoms with van der Waals surface area (Å²) in [7, 11) is 0. The van der Waals surface area contributed by atoms with Gasteiger partial charge in [-0.2, -0.15) is 0 Å². The van der Waals surface area contributed by atoms with Crippen LogP contribution in [0.3, 0.4) is 0 Å². The Morgan fingerprint density at radius 3 is 2.93 bits per heavy atom. The first-order valence-electron chi connectivity index (χ1n) is 9.17. The Labute approximate surface area is 156 Å². The van der Waals surface area contributed by atoms with Crippen LogP contribution in [0.4, 0.5) is 5.82 Å². The Bertz CT molecular complexity index is 1040. The number of H-pyrrole nitrogens is 1. The number of piperidine rings is 1. The Hall–Kier alpha value is -3.29. The van der Waals surface area contributed by atoms with Gasteiger partial charge in [-0.1, -0.05) is 0 Å². The third-order valence-electron chi connectivity index (χ3n) is 5.14. The van der Waals surface area contributed by atoms with Crippen LogP contribution in [-0.4, -0.2) is 47.6 Å². The molecule has 1 N–H and O–H groups in total. The number of imidazole rings is 2. The minimum Gasteiger partial charge on any atom is -0.354 e. The third kappa shape index (κ3) is 3.03. The highest BCUT2D eigenvalue weighted by Crippen LogP contribution is 2.30. The van der Waals surface area contributed by atoms with Gasteiger partial charge in [-0.15, -0.1) is 0 Å². The number of nitrogens with one attached hydrogen (secondary N) is 1. The fraction of sp³-hybridized carbons (Fsp3) is 0.316. The number of pyridine rings is 1. The molecule has 1 aliphatic rings. The van der Waals surface area contributed by atoms with Crippen LogP contribution >= 0.6 is 0 Å². The van der Waals surface area contributed by atoms with Crippen LogP contribution in [0.15, 0.2) is 49.6 Å². The summed E-state index contributed by atoms with van der Waals surface area (Å²) in [6.07, 6.45) is 13.1. The molecule has 136 valence electrons. The van der Waals surface area contributed by atoms with Crippen LogP contribution in [0, 0.1) is 0 Å². The van der Waals surface area contributed by atoms with Crippen LogP contribution in [0.5, 0.6) is 0 Å². The van der Waals surface area contributed by atoms with Gasteiger partial charge >= 0.3 is 0 Å². The molecule has 4 aromatic rings. The first-order valence-corrected chi connectivity index (χ1v) is 9.17.